The van der Waals surface area contributed by atoms with Crippen LogP contribution < -0.4 is 5.32 Å². The summed E-state index contributed by atoms with van der Waals surface area (Å²) in [6.45, 7) is 3.51. The lowest BCUT2D eigenvalue weighted by atomic mass is 9.97. The van der Waals surface area contributed by atoms with Crippen molar-refractivity contribution in [1.82, 2.24) is 10.2 Å². The number of carbonyl (C=O) groups excluding carboxylic acids is 1. The molecule has 1 fully saturated rings. The van der Waals surface area contributed by atoms with Gasteiger partial charge in [-0.05, 0) is 32.7 Å². The van der Waals surface area contributed by atoms with E-state index in [9.17, 15) is 9.90 Å². The van der Waals surface area contributed by atoms with E-state index in [-0.39, 0.29) is 12.0 Å². The van der Waals surface area contributed by atoms with Crippen LogP contribution in [0.4, 0.5) is 0 Å². The van der Waals surface area contributed by atoms with Gasteiger partial charge in [-0.3, -0.25) is 9.69 Å². The van der Waals surface area contributed by atoms with Crippen molar-refractivity contribution in [3.05, 3.63) is 0 Å². The number of nitrogens with one attached hydrogen (secondary N) is 1. The Bertz CT molecular complexity index is 299. The fourth-order valence-corrected chi connectivity index (χ4v) is 2.43. The number of aliphatic hydroxyl groups is 1. The Morgan fingerprint density at radius 3 is 3.06 bits per heavy atom. The first kappa shape index (κ1) is 14.9. The second kappa shape index (κ2) is 8.06. The van der Waals surface area contributed by atoms with Crippen LogP contribution in [0.5, 0.6) is 0 Å². The highest BCUT2D eigenvalue weighted by Gasteiger charge is 2.24. The van der Waals surface area contributed by atoms with Gasteiger partial charge in [0.05, 0.1) is 25.1 Å². The third-order valence-electron chi connectivity index (χ3n) is 3.27. The third kappa shape index (κ3) is 5.48. The number of carbonyl (C=O) groups is 1. The Kier molecular flexibility index (Phi) is 6.69. The topological polar surface area (TPSA) is 76.4 Å². The minimum absolute atomic E-state index is 0.0252. The van der Waals surface area contributed by atoms with Crippen LogP contribution in [0.1, 0.15) is 39.0 Å². The van der Waals surface area contributed by atoms with Crippen LogP contribution >= 0.6 is 0 Å². The van der Waals surface area contributed by atoms with E-state index in [2.05, 4.69) is 10.2 Å². The van der Waals surface area contributed by atoms with Crippen LogP contribution in [0.2, 0.25) is 0 Å². The molecule has 0 aromatic carbocycles. The molecule has 18 heavy (non-hydrogen) atoms. The summed E-state index contributed by atoms with van der Waals surface area (Å²) in [7, 11) is 0. The maximum absolute atomic E-state index is 11.7. The summed E-state index contributed by atoms with van der Waals surface area (Å²) < 4.78 is 0. The SMILES string of the molecule is CC(O)CC1CCCCN1CC(=O)NCCC#N. The second-order valence-electron chi connectivity index (χ2n) is 4.96. The third-order valence-corrected chi connectivity index (χ3v) is 3.27. The van der Waals surface area contributed by atoms with Gasteiger partial charge in [-0.1, -0.05) is 6.42 Å². The summed E-state index contributed by atoms with van der Waals surface area (Å²) in [5.74, 6) is -0.0252. The largest absolute Gasteiger partial charge is 0.393 e. The molecule has 102 valence electrons. The van der Waals surface area contributed by atoms with Crippen LogP contribution in [0.3, 0.4) is 0 Å². The molecule has 2 atom stereocenters. The van der Waals surface area contributed by atoms with Crippen molar-refractivity contribution in [2.24, 2.45) is 0 Å². The first-order chi connectivity index (χ1) is 8.63. The number of likely N-dealkylation sites (tertiary alicyclic amines) is 1. The van der Waals surface area contributed by atoms with E-state index in [0.29, 0.717) is 25.6 Å². The molecular formula is C13H23N3O2. The Labute approximate surface area is 109 Å². The van der Waals surface area contributed by atoms with Crippen LogP contribution in [-0.2, 0) is 4.79 Å². The number of rotatable bonds is 6. The zero-order valence-electron chi connectivity index (χ0n) is 11.1. The van der Waals surface area contributed by atoms with Crippen LogP contribution in [0.15, 0.2) is 0 Å². The first-order valence-corrected chi connectivity index (χ1v) is 6.69. The van der Waals surface area contributed by atoms with Gasteiger partial charge in [-0.25, -0.2) is 0 Å². The number of hydrogen-bond acceptors (Lipinski definition) is 4. The van der Waals surface area contributed by atoms with Crippen LogP contribution in [-0.4, -0.2) is 47.7 Å². The Balaban J connectivity index is 2.36. The molecular weight excluding hydrogens is 230 g/mol. The summed E-state index contributed by atoms with van der Waals surface area (Å²) in [5.41, 5.74) is 0. The van der Waals surface area contributed by atoms with E-state index in [1.807, 2.05) is 6.07 Å². The van der Waals surface area contributed by atoms with Crippen molar-refractivity contribution >= 4 is 5.91 Å². The lowest BCUT2D eigenvalue weighted by Gasteiger charge is -2.35. The number of hydrogen-bond donors (Lipinski definition) is 2. The molecule has 1 heterocycles. The number of aliphatic hydroxyl groups excluding tert-OH is 1. The van der Waals surface area contributed by atoms with Gasteiger partial charge in [0.1, 0.15) is 0 Å². The number of piperidine rings is 1. The minimum atomic E-state index is -0.322. The molecule has 1 aliphatic heterocycles. The maximum atomic E-state index is 11.7. The Morgan fingerprint density at radius 2 is 2.39 bits per heavy atom. The first-order valence-electron chi connectivity index (χ1n) is 6.69. The smallest absolute Gasteiger partial charge is 0.234 e. The molecule has 2 N–H and O–H groups in total. The minimum Gasteiger partial charge on any atom is -0.393 e. The van der Waals surface area contributed by atoms with Crippen LogP contribution in [0, 0.1) is 11.3 Å². The lowest BCUT2D eigenvalue weighted by molar-refractivity contribution is -0.123. The van der Waals surface area contributed by atoms with E-state index in [1.165, 1.54) is 6.42 Å². The molecule has 0 radical (unpaired) electrons. The van der Waals surface area contributed by atoms with Gasteiger partial charge in [-0.15, -0.1) is 0 Å². The van der Waals surface area contributed by atoms with Gasteiger partial charge in [-0.2, -0.15) is 5.26 Å². The van der Waals surface area contributed by atoms with Crippen molar-refractivity contribution < 1.29 is 9.90 Å². The van der Waals surface area contributed by atoms with E-state index in [1.54, 1.807) is 6.92 Å². The summed E-state index contributed by atoms with van der Waals surface area (Å²) >= 11 is 0. The highest BCUT2D eigenvalue weighted by molar-refractivity contribution is 5.78. The van der Waals surface area contributed by atoms with E-state index in [4.69, 9.17) is 5.26 Å². The molecule has 1 saturated heterocycles. The molecule has 1 aliphatic rings. The van der Waals surface area contributed by atoms with E-state index >= 15 is 0 Å². The summed E-state index contributed by atoms with van der Waals surface area (Å²) in [5, 5.41) is 20.6. The zero-order valence-corrected chi connectivity index (χ0v) is 11.1. The van der Waals surface area contributed by atoms with E-state index < -0.39 is 0 Å². The van der Waals surface area contributed by atoms with Gasteiger partial charge in [0, 0.05) is 12.6 Å². The van der Waals surface area contributed by atoms with Gasteiger partial charge in [0.25, 0.3) is 0 Å². The molecule has 5 heteroatoms. The van der Waals surface area contributed by atoms with Crippen molar-refractivity contribution in [2.75, 3.05) is 19.6 Å². The highest BCUT2D eigenvalue weighted by atomic mass is 16.3. The summed E-state index contributed by atoms with van der Waals surface area (Å²) in [6.07, 6.45) is 4.09. The molecule has 0 spiro atoms. The van der Waals surface area contributed by atoms with Gasteiger partial charge >= 0.3 is 0 Å². The quantitative estimate of drug-likeness (QED) is 0.681. The molecule has 0 bridgehead atoms. The fraction of sp³-hybridized carbons (Fsp3) is 0.846. The van der Waals surface area contributed by atoms with Gasteiger partial charge in [0.2, 0.25) is 5.91 Å². The molecule has 5 nitrogen and oxygen atoms in total. The van der Waals surface area contributed by atoms with Crippen LogP contribution in [0.25, 0.3) is 0 Å². The standard InChI is InChI=1S/C13H23N3O2/c1-11(17)9-12-5-2-3-8-16(12)10-13(18)15-7-4-6-14/h11-12,17H,2-5,7-10H2,1H3,(H,15,18). The monoisotopic (exact) mass is 253 g/mol. The summed E-state index contributed by atoms with van der Waals surface area (Å²) in [6, 6.07) is 2.31. The molecule has 0 aliphatic carbocycles. The lowest BCUT2D eigenvalue weighted by Crippen LogP contribution is -2.46. The number of nitriles is 1. The van der Waals surface area contributed by atoms with Crippen molar-refractivity contribution in [3.63, 3.8) is 0 Å². The predicted octanol–water partition coefficient (Wildman–Crippen LogP) is 0.642. The van der Waals surface area contributed by atoms with Crippen molar-refractivity contribution in [1.29, 1.82) is 5.26 Å². The number of amides is 1. The molecule has 1 rings (SSSR count). The molecule has 2 unspecified atom stereocenters. The van der Waals surface area contributed by atoms with Crippen molar-refractivity contribution in [2.45, 2.75) is 51.2 Å². The fourth-order valence-electron chi connectivity index (χ4n) is 2.43. The molecule has 0 aromatic heterocycles. The number of nitrogens with zero attached hydrogens (tertiary/aromatic N) is 2. The Hall–Kier alpha value is -1.12. The normalized spacial score (nSPS) is 22.2. The molecule has 0 aromatic rings. The van der Waals surface area contributed by atoms with Gasteiger partial charge in [0.15, 0.2) is 0 Å². The predicted molar refractivity (Wildman–Crippen MR) is 68.7 cm³/mol. The molecule has 0 saturated carbocycles. The van der Waals surface area contributed by atoms with Gasteiger partial charge < -0.3 is 10.4 Å². The Morgan fingerprint density at radius 1 is 1.61 bits per heavy atom. The maximum Gasteiger partial charge on any atom is 0.234 e. The summed E-state index contributed by atoms with van der Waals surface area (Å²) in [4.78, 5) is 13.8. The molecule has 1 amide bonds. The average Bonchev–Trinajstić information content (AvgIpc) is 2.31. The second-order valence-corrected chi connectivity index (χ2v) is 4.96. The van der Waals surface area contributed by atoms with Crippen molar-refractivity contribution in [3.8, 4) is 6.07 Å². The van der Waals surface area contributed by atoms with E-state index in [0.717, 1.165) is 25.8 Å². The zero-order chi connectivity index (χ0) is 13.4. The average molecular weight is 253 g/mol. The highest BCUT2D eigenvalue weighted by Crippen LogP contribution is 2.20.